The molecule has 0 aliphatic carbocycles. The highest BCUT2D eigenvalue weighted by atomic mass is 16.4. The minimum absolute atomic E-state index is 0.0125. The molecule has 1 aromatic heterocycles. The van der Waals surface area contributed by atoms with Gasteiger partial charge in [0.2, 0.25) is 5.88 Å². The van der Waals surface area contributed by atoms with Crippen molar-refractivity contribution in [1.29, 1.82) is 0 Å². The zero-order valence-electron chi connectivity index (χ0n) is 44.8. The van der Waals surface area contributed by atoms with Crippen LogP contribution in [0.15, 0.2) is 162 Å². The summed E-state index contributed by atoms with van der Waals surface area (Å²) < 4.78 is 7.57. The van der Waals surface area contributed by atoms with Gasteiger partial charge in [0.25, 0.3) is 6.71 Å². The molecule has 0 spiro atoms. The molecule has 0 unspecified atom stereocenters. The number of anilines is 9. The second-order valence-corrected chi connectivity index (χ2v) is 25.1. The first kappa shape index (κ1) is 47.9. The van der Waals surface area contributed by atoms with E-state index < -0.39 is 0 Å². The summed E-state index contributed by atoms with van der Waals surface area (Å²) in [6.45, 7) is 34.3. The number of hydrogen-bond donors (Lipinski definition) is 0. The SMILES string of the molecule is CC(C)(C)c1ccc(-c2cc(C(C)(C)C)ccc2N2c3cc(C(C)(C)C)cc4c3B(c3cc(C(C)(C)C)ccc3N4c3ccc(C(C)(C)C)cc3)c3nc(N(c4ccccc4)c4ccccc4)oc32)cc1. The topological polar surface area (TPSA) is 35.8 Å². The first-order chi connectivity index (χ1) is 33.4. The standard InChI is InChI=1S/C65H71BN4O/c1-61(2,3)43-28-26-42(27-29-43)51-38-45(63(7,8)9)32-36-53(51)70-56-41-47(65(13,14)15)40-55-57(56)66(58-59(70)71-60(67-58)68(48-22-18-16-19-23-48)49-24-20-17-21-25-49)52-39-46(64(10,11)12)33-37-54(52)69(55)50-34-30-44(31-35-50)62(4,5)6/h16-41H,1-15H3. The minimum Gasteiger partial charge on any atom is -0.407 e. The Hall–Kier alpha value is -6.79. The molecule has 7 aromatic carbocycles. The fourth-order valence-corrected chi connectivity index (χ4v) is 10.3. The van der Waals surface area contributed by atoms with Crippen molar-refractivity contribution < 1.29 is 4.42 Å². The molecule has 360 valence electrons. The maximum absolute atomic E-state index is 7.57. The molecule has 0 fully saturated rings. The van der Waals surface area contributed by atoms with E-state index in [1.807, 2.05) is 0 Å². The van der Waals surface area contributed by atoms with Crippen molar-refractivity contribution in [3.63, 3.8) is 0 Å². The molecule has 3 heterocycles. The largest absolute Gasteiger partial charge is 0.407 e. The Morgan fingerprint density at radius 2 is 0.873 bits per heavy atom. The first-order valence-corrected chi connectivity index (χ1v) is 25.6. The molecule has 5 nitrogen and oxygen atoms in total. The summed E-state index contributed by atoms with van der Waals surface area (Å²) in [6.07, 6.45) is 0. The van der Waals surface area contributed by atoms with Gasteiger partial charge in [0.05, 0.1) is 22.7 Å². The number of benzene rings is 7. The number of fused-ring (bicyclic) bond motifs is 4. The molecule has 6 heteroatoms. The lowest BCUT2D eigenvalue weighted by Gasteiger charge is -2.43. The van der Waals surface area contributed by atoms with Crippen LogP contribution in [0.1, 0.15) is 132 Å². The Labute approximate surface area is 424 Å². The highest BCUT2D eigenvalue weighted by Gasteiger charge is 2.48. The summed E-state index contributed by atoms with van der Waals surface area (Å²) in [6, 6.07) is 59.1. The van der Waals surface area contributed by atoms with Crippen LogP contribution in [0.4, 0.5) is 51.7 Å². The van der Waals surface area contributed by atoms with Gasteiger partial charge in [-0.25, -0.2) is 4.98 Å². The van der Waals surface area contributed by atoms with Crippen molar-refractivity contribution >= 4 is 74.9 Å². The molecule has 0 bridgehead atoms. The predicted molar refractivity (Wildman–Crippen MR) is 304 cm³/mol. The minimum atomic E-state index is -0.253. The molecule has 0 N–H and O–H groups in total. The van der Waals surface area contributed by atoms with Crippen molar-refractivity contribution in [3.8, 4) is 11.1 Å². The molecule has 8 aromatic rings. The number of aromatic nitrogens is 1. The number of oxazole rings is 1. The molecule has 10 rings (SSSR count). The summed E-state index contributed by atoms with van der Waals surface area (Å²) in [7, 11) is 0. The van der Waals surface area contributed by atoms with Crippen LogP contribution < -0.4 is 31.2 Å². The van der Waals surface area contributed by atoms with E-state index in [4.69, 9.17) is 9.40 Å². The lowest BCUT2D eigenvalue weighted by atomic mass is 9.35. The normalized spacial score (nSPS) is 13.8. The van der Waals surface area contributed by atoms with Gasteiger partial charge >= 0.3 is 6.01 Å². The van der Waals surface area contributed by atoms with Crippen LogP contribution in [0, 0.1) is 0 Å². The molecule has 2 aliphatic rings. The fraction of sp³-hybridized carbons (Fsp3) is 0.308. The van der Waals surface area contributed by atoms with Crippen LogP contribution in [0.3, 0.4) is 0 Å². The molecule has 0 atom stereocenters. The molecule has 71 heavy (non-hydrogen) atoms. The van der Waals surface area contributed by atoms with E-state index in [0.717, 1.165) is 62.4 Å². The molecular formula is C65H71BN4O. The van der Waals surface area contributed by atoms with Gasteiger partial charge in [-0.15, -0.1) is 0 Å². The quantitative estimate of drug-likeness (QED) is 0.155. The number of hydrogen-bond acceptors (Lipinski definition) is 5. The lowest BCUT2D eigenvalue weighted by Crippen LogP contribution is -2.62. The van der Waals surface area contributed by atoms with E-state index in [0.29, 0.717) is 6.01 Å². The zero-order valence-corrected chi connectivity index (χ0v) is 44.8. The van der Waals surface area contributed by atoms with Gasteiger partial charge < -0.3 is 9.32 Å². The first-order valence-electron chi connectivity index (χ1n) is 25.6. The van der Waals surface area contributed by atoms with Crippen LogP contribution >= 0.6 is 0 Å². The second kappa shape index (κ2) is 16.9. The highest BCUT2D eigenvalue weighted by Crippen LogP contribution is 2.50. The third-order valence-electron chi connectivity index (χ3n) is 14.7. The van der Waals surface area contributed by atoms with Crippen LogP contribution in [0.2, 0.25) is 0 Å². The van der Waals surface area contributed by atoms with Gasteiger partial charge in [0.1, 0.15) is 0 Å². The number of rotatable bonds is 6. The van der Waals surface area contributed by atoms with E-state index in [-0.39, 0.29) is 33.8 Å². The lowest BCUT2D eigenvalue weighted by molar-refractivity contribution is 0.571. The van der Waals surface area contributed by atoms with Crippen LogP contribution in [0.5, 0.6) is 0 Å². The van der Waals surface area contributed by atoms with Crippen molar-refractivity contribution in [3.05, 3.63) is 186 Å². The van der Waals surface area contributed by atoms with E-state index in [9.17, 15) is 0 Å². The second-order valence-electron chi connectivity index (χ2n) is 25.1. The average Bonchev–Trinajstić information content (AvgIpc) is 3.74. The van der Waals surface area contributed by atoms with Crippen LogP contribution in [-0.2, 0) is 27.1 Å². The summed E-state index contributed by atoms with van der Waals surface area (Å²) in [5.74, 6) is 0.720. The molecule has 0 saturated carbocycles. The van der Waals surface area contributed by atoms with E-state index in [1.54, 1.807) is 0 Å². The average molecular weight is 935 g/mol. The molecule has 0 saturated heterocycles. The highest BCUT2D eigenvalue weighted by molar-refractivity contribution is 6.99. The van der Waals surface area contributed by atoms with E-state index in [1.165, 1.54) is 38.7 Å². The van der Waals surface area contributed by atoms with E-state index in [2.05, 4.69) is 276 Å². The molecule has 2 aliphatic heterocycles. The van der Waals surface area contributed by atoms with Crippen molar-refractivity contribution in [2.75, 3.05) is 14.7 Å². The summed E-state index contributed by atoms with van der Waals surface area (Å²) in [5.41, 5.74) is 19.1. The smallest absolute Gasteiger partial charge is 0.307 e. The summed E-state index contributed by atoms with van der Waals surface area (Å²) in [4.78, 5) is 12.9. The Morgan fingerprint density at radius 1 is 0.423 bits per heavy atom. The van der Waals surface area contributed by atoms with Gasteiger partial charge in [-0.2, -0.15) is 0 Å². The Bertz CT molecular complexity index is 3220. The van der Waals surface area contributed by atoms with Crippen molar-refractivity contribution in [2.45, 2.75) is 131 Å². The number of para-hydroxylation sites is 2. The van der Waals surface area contributed by atoms with Gasteiger partial charge in [-0.05, 0) is 138 Å². The Morgan fingerprint density at radius 3 is 1.38 bits per heavy atom. The third-order valence-corrected chi connectivity index (χ3v) is 14.7. The maximum Gasteiger partial charge on any atom is 0.307 e. The zero-order chi connectivity index (χ0) is 50.6. The number of nitrogens with zero attached hydrogens (tertiary/aromatic N) is 4. The van der Waals surface area contributed by atoms with E-state index >= 15 is 0 Å². The van der Waals surface area contributed by atoms with Crippen LogP contribution in [0.25, 0.3) is 11.1 Å². The Balaban J connectivity index is 1.34. The summed E-state index contributed by atoms with van der Waals surface area (Å²) >= 11 is 0. The molecule has 0 radical (unpaired) electrons. The van der Waals surface area contributed by atoms with Gasteiger partial charge in [-0.3, -0.25) is 9.80 Å². The van der Waals surface area contributed by atoms with Gasteiger partial charge in [-0.1, -0.05) is 195 Å². The van der Waals surface area contributed by atoms with Crippen molar-refractivity contribution in [2.24, 2.45) is 0 Å². The maximum atomic E-state index is 7.57. The fourth-order valence-electron chi connectivity index (χ4n) is 10.3. The summed E-state index contributed by atoms with van der Waals surface area (Å²) in [5, 5.41) is 0. The predicted octanol–water partition coefficient (Wildman–Crippen LogP) is 16.4. The van der Waals surface area contributed by atoms with Crippen molar-refractivity contribution in [1.82, 2.24) is 4.98 Å². The molecular weight excluding hydrogens is 864 g/mol. The van der Waals surface area contributed by atoms with Gasteiger partial charge in [0, 0.05) is 28.3 Å². The third kappa shape index (κ3) is 8.68. The monoisotopic (exact) mass is 935 g/mol. The van der Waals surface area contributed by atoms with Gasteiger partial charge in [0.15, 0.2) is 0 Å². The Kier molecular flexibility index (Phi) is 11.4. The molecule has 0 amide bonds. The van der Waals surface area contributed by atoms with Crippen LogP contribution in [-0.4, -0.2) is 11.7 Å².